The molecule has 1 N–H and O–H groups in total. The summed E-state index contributed by atoms with van der Waals surface area (Å²) in [6, 6.07) is 22.8. The molecule has 1 aliphatic rings. The van der Waals surface area contributed by atoms with Crippen molar-refractivity contribution in [2.75, 3.05) is 0 Å². The third-order valence-corrected chi connectivity index (χ3v) is 4.47. The minimum absolute atomic E-state index is 0.0500. The lowest BCUT2D eigenvalue weighted by Gasteiger charge is -2.24. The van der Waals surface area contributed by atoms with Gasteiger partial charge in [-0.15, -0.1) is 0 Å². The van der Waals surface area contributed by atoms with Gasteiger partial charge in [0.15, 0.2) is 11.5 Å². The largest absolute Gasteiger partial charge is 0.504 e. The van der Waals surface area contributed by atoms with Crippen molar-refractivity contribution in [3.05, 3.63) is 101 Å². The van der Waals surface area contributed by atoms with Gasteiger partial charge in [-0.1, -0.05) is 66.7 Å². The quantitative estimate of drug-likeness (QED) is 0.392. The minimum atomic E-state index is -1.08. The zero-order valence-electron chi connectivity index (χ0n) is 15.9. The fraction of sp³-hybridized carbons (Fsp3) is 0.0833. The number of cyclic esters (lactones) is 2. The van der Waals surface area contributed by atoms with Crippen molar-refractivity contribution >= 4 is 18.0 Å². The molecular weight excluding hydrogens is 384 g/mol. The molecule has 1 fully saturated rings. The molecule has 1 heterocycles. The summed E-state index contributed by atoms with van der Waals surface area (Å²) in [5.41, 5.74) is 1.76. The van der Waals surface area contributed by atoms with E-state index in [9.17, 15) is 14.7 Å². The summed E-state index contributed by atoms with van der Waals surface area (Å²) >= 11 is 0. The Labute approximate surface area is 172 Å². The minimum Gasteiger partial charge on any atom is -0.504 e. The van der Waals surface area contributed by atoms with Crippen LogP contribution in [-0.4, -0.2) is 17.0 Å². The van der Waals surface area contributed by atoms with E-state index in [0.29, 0.717) is 11.1 Å². The lowest BCUT2D eigenvalue weighted by Crippen LogP contribution is -2.29. The second-order valence-corrected chi connectivity index (χ2v) is 6.61. The van der Waals surface area contributed by atoms with Crippen LogP contribution < -0.4 is 4.74 Å². The van der Waals surface area contributed by atoms with Crippen LogP contribution in [0.2, 0.25) is 0 Å². The molecule has 0 aliphatic carbocycles. The Balaban J connectivity index is 1.51. The Bertz CT molecular complexity index is 1070. The number of carbonyl (C=O) groups is 2. The van der Waals surface area contributed by atoms with Crippen molar-refractivity contribution in [1.29, 1.82) is 0 Å². The van der Waals surface area contributed by atoms with Crippen LogP contribution in [0.15, 0.2) is 84.4 Å². The fourth-order valence-corrected chi connectivity index (χ4v) is 2.93. The van der Waals surface area contributed by atoms with E-state index in [0.717, 1.165) is 5.56 Å². The van der Waals surface area contributed by atoms with Crippen LogP contribution in [0.5, 0.6) is 11.5 Å². The summed E-state index contributed by atoms with van der Waals surface area (Å²) in [5.74, 6) is -1.38. The highest BCUT2D eigenvalue weighted by atomic mass is 16.7. The number of rotatable bonds is 5. The van der Waals surface area contributed by atoms with Gasteiger partial charge in [-0.05, 0) is 29.3 Å². The first-order chi connectivity index (χ1) is 14.6. The lowest BCUT2D eigenvalue weighted by molar-refractivity contribution is -0.195. The van der Waals surface area contributed by atoms with Gasteiger partial charge in [-0.25, -0.2) is 9.59 Å². The number of carbonyl (C=O) groups excluding carboxylic acids is 2. The van der Waals surface area contributed by atoms with E-state index < -0.39 is 18.2 Å². The molecule has 1 saturated heterocycles. The maximum Gasteiger partial charge on any atom is 0.348 e. The van der Waals surface area contributed by atoms with E-state index in [1.54, 1.807) is 30.3 Å². The van der Waals surface area contributed by atoms with Gasteiger partial charge >= 0.3 is 11.9 Å². The standard InChI is InChI=1S/C24H18O6/c25-20-12-11-17(14-21(20)28-15-16-7-3-1-4-8-16)13-19-22(26)29-24(30-23(19)27)18-9-5-2-6-10-18/h1-14,24-25H,15H2. The number of phenolic OH excluding ortho intramolecular Hbond substituents is 1. The number of benzene rings is 3. The molecule has 3 aromatic carbocycles. The molecule has 0 spiro atoms. The van der Waals surface area contributed by atoms with Gasteiger partial charge in [0.05, 0.1) is 0 Å². The molecule has 6 nitrogen and oxygen atoms in total. The van der Waals surface area contributed by atoms with Crippen LogP contribution in [-0.2, 0) is 25.7 Å². The Morgan fingerprint density at radius 1 is 0.867 bits per heavy atom. The molecular formula is C24H18O6. The molecule has 4 rings (SSSR count). The zero-order valence-corrected chi connectivity index (χ0v) is 15.9. The van der Waals surface area contributed by atoms with Crippen molar-refractivity contribution in [3.63, 3.8) is 0 Å². The summed E-state index contributed by atoms with van der Waals surface area (Å²) in [7, 11) is 0. The number of phenols is 1. The summed E-state index contributed by atoms with van der Waals surface area (Å²) in [6.45, 7) is 0.261. The zero-order chi connectivity index (χ0) is 20.9. The first-order valence-corrected chi connectivity index (χ1v) is 9.28. The molecule has 0 atom stereocenters. The molecule has 0 bridgehead atoms. The van der Waals surface area contributed by atoms with Crippen LogP contribution >= 0.6 is 0 Å². The molecule has 30 heavy (non-hydrogen) atoms. The SMILES string of the molecule is O=C1OC(c2ccccc2)OC(=O)C1=Cc1ccc(O)c(OCc2ccccc2)c1. The molecule has 0 aromatic heterocycles. The topological polar surface area (TPSA) is 82.1 Å². The third kappa shape index (κ3) is 4.33. The molecule has 0 saturated carbocycles. The summed E-state index contributed by atoms with van der Waals surface area (Å²) in [5, 5.41) is 10.1. The number of esters is 2. The molecule has 3 aromatic rings. The van der Waals surface area contributed by atoms with Gasteiger partial charge in [-0.3, -0.25) is 0 Å². The van der Waals surface area contributed by atoms with Crippen molar-refractivity contribution in [2.24, 2.45) is 0 Å². The maximum absolute atomic E-state index is 12.4. The second kappa shape index (κ2) is 8.53. The van der Waals surface area contributed by atoms with Crippen molar-refractivity contribution < 1.29 is 28.9 Å². The Morgan fingerprint density at radius 2 is 1.50 bits per heavy atom. The second-order valence-electron chi connectivity index (χ2n) is 6.61. The maximum atomic E-state index is 12.4. The van der Waals surface area contributed by atoms with Crippen molar-refractivity contribution in [3.8, 4) is 11.5 Å². The Morgan fingerprint density at radius 3 is 2.17 bits per heavy atom. The summed E-state index contributed by atoms with van der Waals surface area (Å²) < 4.78 is 16.2. The van der Waals surface area contributed by atoms with E-state index >= 15 is 0 Å². The van der Waals surface area contributed by atoms with Gasteiger partial charge < -0.3 is 19.3 Å². The number of aromatic hydroxyl groups is 1. The molecule has 0 radical (unpaired) electrons. The van der Waals surface area contributed by atoms with Gasteiger partial charge in [-0.2, -0.15) is 0 Å². The molecule has 0 unspecified atom stereocenters. The Kier molecular flexibility index (Phi) is 5.48. The van der Waals surface area contributed by atoms with Gasteiger partial charge in [0.2, 0.25) is 0 Å². The monoisotopic (exact) mass is 402 g/mol. The summed E-state index contributed by atoms with van der Waals surface area (Å²) in [6.07, 6.45) is 0.272. The van der Waals surface area contributed by atoms with Gasteiger partial charge in [0.1, 0.15) is 12.2 Å². The number of hydrogen-bond donors (Lipinski definition) is 1. The van der Waals surface area contributed by atoms with Crippen LogP contribution in [0.3, 0.4) is 0 Å². The van der Waals surface area contributed by atoms with E-state index in [-0.39, 0.29) is 23.7 Å². The average Bonchev–Trinajstić information content (AvgIpc) is 2.77. The Hall–Kier alpha value is -4.06. The highest BCUT2D eigenvalue weighted by Crippen LogP contribution is 2.31. The predicted molar refractivity (Wildman–Crippen MR) is 108 cm³/mol. The first kappa shape index (κ1) is 19.3. The highest BCUT2D eigenvalue weighted by molar-refractivity contribution is 6.18. The van der Waals surface area contributed by atoms with Crippen molar-refractivity contribution in [1.82, 2.24) is 0 Å². The summed E-state index contributed by atoms with van der Waals surface area (Å²) in [4.78, 5) is 24.8. The van der Waals surface area contributed by atoms with Crippen molar-refractivity contribution in [2.45, 2.75) is 12.9 Å². The van der Waals surface area contributed by atoms with E-state index in [1.807, 2.05) is 36.4 Å². The van der Waals surface area contributed by atoms with Crippen LogP contribution in [0.25, 0.3) is 6.08 Å². The molecule has 150 valence electrons. The molecule has 0 amide bonds. The van der Waals surface area contributed by atoms with E-state index in [2.05, 4.69) is 0 Å². The molecule has 6 heteroatoms. The van der Waals surface area contributed by atoms with E-state index in [4.69, 9.17) is 14.2 Å². The van der Waals surface area contributed by atoms with Crippen LogP contribution in [0.4, 0.5) is 0 Å². The van der Waals surface area contributed by atoms with Crippen LogP contribution in [0.1, 0.15) is 23.0 Å². The lowest BCUT2D eigenvalue weighted by atomic mass is 10.1. The normalized spacial score (nSPS) is 15.9. The molecule has 1 aliphatic heterocycles. The smallest absolute Gasteiger partial charge is 0.348 e. The predicted octanol–water partition coefficient (Wildman–Crippen LogP) is 4.15. The number of ether oxygens (including phenoxy) is 3. The third-order valence-electron chi connectivity index (χ3n) is 4.47. The number of hydrogen-bond acceptors (Lipinski definition) is 6. The first-order valence-electron chi connectivity index (χ1n) is 9.28. The van der Waals surface area contributed by atoms with Gasteiger partial charge in [0.25, 0.3) is 6.29 Å². The average molecular weight is 402 g/mol. The van der Waals surface area contributed by atoms with Crippen LogP contribution in [0, 0.1) is 0 Å². The fourth-order valence-electron chi connectivity index (χ4n) is 2.93. The van der Waals surface area contributed by atoms with E-state index in [1.165, 1.54) is 18.2 Å². The highest BCUT2D eigenvalue weighted by Gasteiger charge is 2.34. The van der Waals surface area contributed by atoms with Gasteiger partial charge in [0, 0.05) is 5.56 Å².